The molecule has 21 heavy (non-hydrogen) atoms. The Morgan fingerprint density at radius 1 is 1.05 bits per heavy atom. The van der Waals surface area contributed by atoms with E-state index in [1.807, 2.05) is 13.8 Å². The average Bonchev–Trinajstić information content (AvgIpc) is 2.46. The minimum absolute atomic E-state index is 0.0466. The van der Waals surface area contributed by atoms with Gasteiger partial charge < -0.3 is 9.80 Å². The number of benzene rings is 1. The molecule has 4 nitrogen and oxygen atoms in total. The molecule has 0 aliphatic heterocycles. The topological polar surface area (TPSA) is 40.6 Å². The van der Waals surface area contributed by atoms with Gasteiger partial charge in [-0.2, -0.15) is 0 Å². The Balaban J connectivity index is 2.60. The standard InChI is InChI=1S/C16H23FN2O2/c1-4-18(5-2)16(21)10-11-19(13(3)20)12-14-6-8-15(17)9-7-14/h6-9H,4-5,10-12H2,1-3H3. The first-order valence-corrected chi connectivity index (χ1v) is 7.25. The van der Waals surface area contributed by atoms with Gasteiger partial charge in [-0.15, -0.1) is 0 Å². The van der Waals surface area contributed by atoms with Gasteiger partial charge in [0.15, 0.2) is 0 Å². The first-order chi connectivity index (χ1) is 9.97. The molecule has 0 aromatic heterocycles. The Hall–Kier alpha value is -1.91. The van der Waals surface area contributed by atoms with Gasteiger partial charge in [0.1, 0.15) is 5.82 Å². The Morgan fingerprint density at radius 3 is 2.10 bits per heavy atom. The lowest BCUT2D eigenvalue weighted by Gasteiger charge is -2.24. The van der Waals surface area contributed by atoms with Crippen molar-refractivity contribution < 1.29 is 14.0 Å². The number of carbonyl (C=O) groups is 2. The number of nitrogens with zero attached hydrogens (tertiary/aromatic N) is 2. The SMILES string of the molecule is CCN(CC)C(=O)CCN(Cc1ccc(F)cc1)C(C)=O. The first-order valence-electron chi connectivity index (χ1n) is 7.25. The van der Waals surface area contributed by atoms with Crippen LogP contribution in [0.5, 0.6) is 0 Å². The van der Waals surface area contributed by atoms with Gasteiger partial charge in [-0.25, -0.2) is 4.39 Å². The summed E-state index contributed by atoms with van der Waals surface area (Å²) >= 11 is 0. The number of hydrogen-bond acceptors (Lipinski definition) is 2. The zero-order chi connectivity index (χ0) is 15.8. The maximum absolute atomic E-state index is 12.9. The molecular weight excluding hydrogens is 271 g/mol. The van der Waals surface area contributed by atoms with Crippen LogP contribution in [-0.4, -0.2) is 41.2 Å². The van der Waals surface area contributed by atoms with Crippen molar-refractivity contribution in [1.29, 1.82) is 0 Å². The van der Waals surface area contributed by atoms with E-state index in [0.29, 0.717) is 32.6 Å². The van der Waals surface area contributed by atoms with Crippen molar-refractivity contribution >= 4 is 11.8 Å². The third-order valence-corrected chi connectivity index (χ3v) is 3.44. The third-order valence-electron chi connectivity index (χ3n) is 3.44. The van der Waals surface area contributed by atoms with E-state index in [1.54, 1.807) is 21.9 Å². The molecule has 1 aromatic carbocycles. The van der Waals surface area contributed by atoms with Crippen molar-refractivity contribution in [1.82, 2.24) is 9.80 Å². The fourth-order valence-electron chi connectivity index (χ4n) is 2.12. The van der Waals surface area contributed by atoms with Crippen LogP contribution in [0.25, 0.3) is 0 Å². The maximum Gasteiger partial charge on any atom is 0.224 e. The summed E-state index contributed by atoms with van der Waals surface area (Å²) in [6.45, 7) is 7.46. The fourth-order valence-corrected chi connectivity index (χ4v) is 2.12. The quantitative estimate of drug-likeness (QED) is 0.775. The van der Waals surface area contributed by atoms with E-state index in [4.69, 9.17) is 0 Å². The van der Waals surface area contributed by atoms with Crippen molar-refractivity contribution in [3.8, 4) is 0 Å². The second kappa shape index (κ2) is 8.39. The fraction of sp³-hybridized carbons (Fsp3) is 0.500. The van der Waals surface area contributed by atoms with Crippen LogP contribution in [0.4, 0.5) is 4.39 Å². The van der Waals surface area contributed by atoms with Gasteiger partial charge in [0.2, 0.25) is 11.8 Å². The lowest BCUT2D eigenvalue weighted by molar-refractivity contribution is -0.133. The van der Waals surface area contributed by atoms with Crippen molar-refractivity contribution in [3.05, 3.63) is 35.6 Å². The predicted molar refractivity (Wildman–Crippen MR) is 80.0 cm³/mol. The van der Waals surface area contributed by atoms with Gasteiger partial charge in [-0.05, 0) is 31.5 Å². The van der Waals surface area contributed by atoms with Gasteiger partial charge in [0.25, 0.3) is 0 Å². The highest BCUT2D eigenvalue weighted by atomic mass is 19.1. The van der Waals surface area contributed by atoms with E-state index in [0.717, 1.165) is 5.56 Å². The van der Waals surface area contributed by atoms with Crippen LogP contribution in [0.1, 0.15) is 32.8 Å². The molecule has 1 aromatic rings. The summed E-state index contributed by atoms with van der Waals surface area (Å²) in [7, 11) is 0. The molecule has 0 saturated heterocycles. The molecule has 0 atom stereocenters. The van der Waals surface area contributed by atoms with E-state index >= 15 is 0 Å². The number of hydrogen-bond donors (Lipinski definition) is 0. The van der Waals surface area contributed by atoms with Gasteiger partial charge in [0.05, 0.1) is 0 Å². The zero-order valence-corrected chi connectivity index (χ0v) is 12.9. The Labute approximate surface area is 125 Å². The molecule has 5 heteroatoms. The number of rotatable bonds is 7. The third kappa shape index (κ3) is 5.53. The molecule has 0 bridgehead atoms. The summed E-state index contributed by atoms with van der Waals surface area (Å²) in [4.78, 5) is 27.0. The van der Waals surface area contributed by atoms with Crippen LogP contribution in [0.15, 0.2) is 24.3 Å². The molecule has 0 unspecified atom stereocenters. The van der Waals surface area contributed by atoms with E-state index in [9.17, 15) is 14.0 Å². The maximum atomic E-state index is 12.9. The van der Waals surface area contributed by atoms with Crippen LogP contribution in [-0.2, 0) is 16.1 Å². The van der Waals surface area contributed by atoms with E-state index < -0.39 is 0 Å². The Bertz CT molecular complexity index is 470. The van der Waals surface area contributed by atoms with Crippen LogP contribution >= 0.6 is 0 Å². The summed E-state index contributed by atoms with van der Waals surface area (Å²) < 4.78 is 12.9. The lowest BCUT2D eigenvalue weighted by Crippen LogP contribution is -2.36. The molecule has 0 radical (unpaired) electrons. The summed E-state index contributed by atoms with van der Waals surface area (Å²) in [6.07, 6.45) is 0.308. The van der Waals surface area contributed by atoms with E-state index in [1.165, 1.54) is 19.1 Å². The highest BCUT2D eigenvalue weighted by molar-refractivity contribution is 5.78. The minimum atomic E-state index is -0.301. The average molecular weight is 294 g/mol. The molecular formula is C16H23FN2O2. The van der Waals surface area contributed by atoms with Crippen molar-refractivity contribution in [2.45, 2.75) is 33.7 Å². The van der Waals surface area contributed by atoms with Crippen LogP contribution in [0.2, 0.25) is 0 Å². The van der Waals surface area contributed by atoms with E-state index in [-0.39, 0.29) is 17.6 Å². The van der Waals surface area contributed by atoms with Gasteiger partial charge in [-0.3, -0.25) is 9.59 Å². The largest absolute Gasteiger partial charge is 0.343 e. The van der Waals surface area contributed by atoms with Crippen molar-refractivity contribution in [2.75, 3.05) is 19.6 Å². The smallest absolute Gasteiger partial charge is 0.224 e. The summed E-state index contributed by atoms with van der Waals surface area (Å²) in [5.74, 6) is -0.345. The predicted octanol–water partition coefficient (Wildman–Crippen LogP) is 2.43. The van der Waals surface area contributed by atoms with Crippen molar-refractivity contribution in [3.63, 3.8) is 0 Å². The molecule has 0 fully saturated rings. The summed E-state index contributed by atoms with van der Waals surface area (Å²) in [6, 6.07) is 6.04. The first kappa shape index (κ1) is 17.1. The van der Waals surface area contributed by atoms with E-state index in [2.05, 4.69) is 0 Å². The molecule has 1 rings (SSSR count). The Morgan fingerprint density at radius 2 is 1.62 bits per heavy atom. The monoisotopic (exact) mass is 294 g/mol. The van der Waals surface area contributed by atoms with Gasteiger partial charge >= 0.3 is 0 Å². The second-order valence-corrected chi connectivity index (χ2v) is 4.88. The van der Waals surface area contributed by atoms with Crippen molar-refractivity contribution in [2.24, 2.45) is 0 Å². The van der Waals surface area contributed by atoms with Crippen LogP contribution in [0.3, 0.4) is 0 Å². The lowest BCUT2D eigenvalue weighted by atomic mass is 10.2. The molecule has 0 saturated carbocycles. The molecule has 0 spiro atoms. The normalized spacial score (nSPS) is 10.3. The number of amides is 2. The Kier molecular flexibility index (Phi) is 6.85. The molecule has 0 heterocycles. The molecule has 2 amide bonds. The zero-order valence-electron chi connectivity index (χ0n) is 12.9. The summed E-state index contributed by atoms with van der Waals surface area (Å²) in [5, 5.41) is 0. The van der Waals surface area contributed by atoms with Crippen LogP contribution in [0, 0.1) is 5.82 Å². The highest BCUT2D eigenvalue weighted by Gasteiger charge is 2.14. The minimum Gasteiger partial charge on any atom is -0.343 e. The highest BCUT2D eigenvalue weighted by Crippen LogP contribution is 2.08. The summed E-state index contributed by atoms with van der Waals surface area (Å²) in [5.41, 5.74) is 0.849. The van der Waals surface area contributed by atoms with Crippen LogP contribution < -0.4 is 0 Å². The number of carbonyl (C=O) groups excluding carboxylic acids is 2. The molecule has 0 N–H and O–H groups in total. The molecule has 0 aliphatic carbocycles. The van der Waals surface area contributed by atoms with Gasteiger partial charge in [0, 0.05) is 39.5 Å². The second-order valence-electron chi connectivity index (χ2n) is 4.88. The molecule has 0 aliphatic rings. The number of halogens is 1. The molecule has 116 valence electrons. The van der Waals surface area contributed by atoms with Gasteiger partial charge in [-0.1, -0.05) is 12.1 Å².